The average molecular weight is 423 g/mol. The number of nitrogens with one attached hydrogen (secondary N) is 3. The molecule has 9 nitrogen and oxygen atoms in total. The lowest BCUT2D eigenvalue weighted by Crippen LogP contribution is -2.45. The summed E-state index contributed by atoms with van der Waals surface area (Å²) in [5.74, 6) is -1.15. The van der Waals surface area contributed by atoms with E-state index in [4.69, 9.17) is 15.2 Å². The van der Waals surface area contributed by atoms with Crippen molar-refractivity contribution in [2.45, 2.75) is 38.6 Å². The fraction of sp³-hybridized carbons (Fsp3) is 0.571. The number of primary amides is 1. The maximum atomic E-state index is 12.2. The van der Waals surface area contributed by atoms with Crippen molar-refractivity contribution in [3.05, 3.63) is 29.8 Å². The summed E-state index contributed by atoms with van der Waals surface area (Å²) in [7, 11) is 1.54. The lowest BCUT2D eigenvalue weighted by molar-refractivity contribution is -0.130. The minimum Gasteiger partial charge on any atom is -0.385 e. The Morgan fingerprint density at radius 3 is 2.43 bits per heavy atom. The second kappa shape index (κ2) is 15.2. The molecule has 9 heteroatoms. The summed E-state index contributed by atoms with van der Waals surface area (Å²) >= 11 is 0. The highest BCUT2D eigenvalue weighted by Crippen LogP contribution is 2.09. The van der Waals surface area contributed by atoms with Gasteiger partial charge >= 0.3 is 0 Å². The van der Waals surface area contributed by atoms with Crippen LogP contribution in [-0.2, 0) is 19.1 Å². The Morgan fingerprint density at radius 1 is 1.07 bits per heavy atom. The lowest BCUT2D eigenvalue weighted by Gasteiger charge is -2.15. The van der Waals surface area contributed by atoms with Crippen molar-refractivity contribution in [3.8, 4) is 0 Å². The number of hydrogen-bond donors (Lipinski definition) is 4. The lowest BCUT2D eigenvalue weighted by atomic mass is 10.1. The molecule has 0 radical (unpaired) electrons. The molecule has 1 aromatic rings. The van der Waals surface area contributed by atoms with Gasteiger partial charge < -0.3 is 31.2 Å². The number of amides is 3. The van der Waals surface area contributed by atoms with Gasteiger partial charge in [-0.1, -0.05) is 6.92 Å². The molecule has 0 aromatic heterocycles. The summed E-state index contributed by atoms with van der Waals surface area (Å²) in [4.78, 5) is 35.5. The molecule has 168 valence electrons. The van der Waals surface area contributed by atoms with Gasteiger partial charge in [0.2, 0.25) is 11.8 Å². The SMILES string of the molecule is CCCNc1ccc(C(=O)NCCCC[C@H](NC(=O)COCCOC)C(N)=O)cc1. The summed E-state index contributed by atoms with van der Waals surface area (Å²) < 4.78 is 9.93. The van der Waals surface area contributed by atoms with Crippen molar-refractivity contribution in [2.24, 2.45) is 5.73 Å². The van der Waals surface area contributed by atoms with Crippen molar-refractivity contribution >= 4 is 23.4 Å². The molecule has 0 spiro atoms. The van der Waals surface area contributed by atoms with Crippen LogP contribution in [0.1, 0.15) is 43.0 Å². The fourth-order valence-corrected chi connectivity index (χ4v) is 2.61. The van der Waals surface area contributed by atoms with E-state index < -0.39 is 17.9 Å². The fourth-order valence-electron chi connectivity index (χ4n) is 2.61. The molecule has 1 aromatic carbocycles. The third kappa shape index (κ3) is 10.8. The summed E-state index contributed by atoms with van der Waals surface area (Å²) in [6.45, 7) is 3.97. The second-order valence-electron chi connectivity index (χ2n) is 6.82. The van der Waals surface area contributed by atoms with Crippen molar-refractivity contribution in [3.63, 3.8) is 0 Å². The van der Waals surface area contributed by atoms with E-state index in [0.29, 0.717) is 44.6 Å². The maximum absolute atomic E-state index is 12.2. The first kappa shape index (κ1) is 25.4. The molecule has 0 aliphatic carbocycles. The van der Waals surface area contributed by atoms with Gasteiger partial charge in [-0.3, -0.25) is 14.4 Å². The van der Waals surface area contributed by atoms with E-state index in [-0.39, 0.29) is 12.5 Å². The number of anilines is 1. The van der Waals surface area contributed by atoms with Crippen molar-refractivity contribution in [2.75, 3.05) is 45.3 Å². The Balaban J connectivity index is 2.27. The molecule has 0 unspecified atom stereocenters. The molecule has 3 amide bonds. The normalized spacial score (nSPS) is 11.5. The molecule has 1 atom stereocenters. The van der Waals surface area contributed by atoms with E-state index >= 15 is 0 Å². The first-order valence-corrected chi connectivity index (χ1v) is 10.3. The quantitative estimate of drug-likeness (QED) is 0.294. The number of carbonyl (C=O) groups is 3. The van der Waals surface area contributed by atoms with Crippen molar-refractivity contribution < 1.29 is 23.9 Å². The standard InChI is InChI=1S/C21H34N4O5/c1-3-11-23-17-9-7-16(8-10-17)21(28)24-12-5-4-6-18(20(22)27)25-19(26)15-30-14-13-29-2/h7-10,18,23H,3-6,11-15H2,1-2H3,(H2,22,27)(H,24,28)(H,25,26)/t18-/m0/s1. The van der Waals surface area contributed by atoms with Crippen LogP contribution in [-0.4, -0.2) is 63.8 Å². The highest BCUT2D eigenvalue weighted by Gasteiger charge is 2.17. The number of hydrogen-bond acceptors (Lipinski definition) is 6. The van der Waals surface area contributed by atoms with E-state index in [0.717, 1.165) is 18.7 Å². The molecule has 0 heterocycles. The topological polar surface area (TPSA) is 132 Å². The number of rotatable bonds is 16. The number of unbranched alkanes of at least 4 members (excludes halogenated alkanes) is 1. The molecule has 0 saturated heterocycles. The van der Waals surface area contributed by atoms with Gasteiger partial charge in [0.05, 0.1) is 13.2 Å². The summed E-state index contributed by atoms with van der Waals surface area (Å²) in [5, 5.41) is 8.67. The smallest absolute Gasteiger partial charge is 0.251 e. The predicted octanol–water partition coefficient (Wildman–Crippen LogP) is 1.04. The first-order valence-electron chi connectivity index (χ1n) is 10.3. The largest absolute Gasteiger partial charge is 0.385 e. The van der Waals surface area contributed by atoms with Crippen LogP contribution in [0.4, 0.5) is 5.69 Å². The van der Waals surface area contributed by atoms with E-state index in [9.17, 15) is 14.4 Å². The van der Waals surface area contributed by atoms with Gasteiger partial charge in [-0.15, -0.1) is 0 Å². The zero-order chi connectivity index (χ0) is 22.2. The zero-order valence-corrected chi connectivity index (χ0v) is 17.9. The molecule has 1 rings (SSSR count). The van der Waals surface area contributed by atoms with Gasteiger partial charge in [0.15, 0.2) is 0 Å². The summed E-state index contributed by atoms with van der Waals surface area (Å²) in [6, 6.07) is 6.55. The van der Waals surface area contributed by atoms with E-state index in [2.05, 4.69) is 22.9 Å². The summed E-state index contributed by atoms with van der Waals surface area (Å²) in [5.41, 5.74) is 6.93. The van der Waals surface area contributed by atoms with Gasteiger partial charge in [-0.2, -0.15) is 0 Å². The van der Waals surface area contributed by atoms with Gasteiger partial charge in [0.1, 0.15) is 12.6 Å². The van der Waals surface area contributed by atoms with Crippen LogP contribution >= 0.6 is 0 Å². The molecular formula is C21H34N4O5. The highest BCUT2D eigenvalue weighted by atomic mass is 16.5. The van der Waals surface area contributed by atoms with E-state index in [1.807, 2.05) is 12.1 Å². The average Bonchev–Trinajstić information content (AvgIpc) is 2.74. The van der Waals surface area contributed by atoms with Crippen LogP contribution in [0.5, 0.6) is 0 Å². The predicted molar refractivity (Wildman–Crippen MR) is 115 cm³/mol. The van der Waals surface area contributed by atoms with Gasteiger partial charge in [-0.25, -0.2) is 0 Å². The van der Waals surface area contributed by atoms with Gasteiger partial charge in [-0.05, 0) is 49.9 Å². The van der Waals surface area contributed by atoms with Crippen LogP contribution in [0.2, 0.25) is 0 Å². The van der Waals surface area contributed by atoms with Crippen molar-refractivity contribution in [1.29, 1.82) is 0 Å². The third-order valence-corrected chi connectivity index (χ3v) is 4.27. The van der Waals surface area contributed by atoms with Gasteiger partial charge in [0.25, 0.3) is 5.91 Å². The number of carbonyl (C=O) groups excluding carboxylic acids is 3. The van der Waals surface area contributed by atoms with Crippen LogP contribution in [0.3, 0.4) is 0 Å². The minimum atomic E-state index is -0.762. The molecular weight excluding hydrogens is 388 g/mol. The van der Waals surface area contributed by atoms with E-state index in [1.54, 1.807) is 12.1 Å². The Kier molecular flexibility index (Phi) is 12.9. The van der Waals surface area contributed by atoms with Crippen molar-refractivity contribution in [1.82, 2.24) is 10.6 Å². The zero-order valence-electron chi connectivity index (χ0n) is 17.9. The Labute approximate surface area is 178 Å². The Hall–Kier alpha value is -2.65. The Morgan fingerprint density at radius 2 is 1.80 bits per heavy atom. The molecule has 30 heavy (non-hydrogen) atoms. The molecule has 0 saturated carbocycles. The monoisotopic (exact) mass is 422 g/mol. The summed E-state index contributed by atoms with van der Waals surface area (Å²) in [6.07, 6.45) is 2.71. The number of nitrogens with two attached hydrogens (primary N) is 1. The molecule has 0 aliphatic heterocycles. The minimum absolute atomic E-state index is 0.148. The molecule has 5 N–H and O–H groups in total. The number of ether oxygens (including phenoxy) is 2. The molecule has 0 aliphatic rings. The van der Waals surface area contributed by atoms with E-state index in [1.165, 1.54) is 7.11 Å². The van der Waals surface area contributed by atoms with Crippen LogP contribution in [0.15, 0.2) is 24.3 Å². The molecule has 0 fully saturated rings. The molecule has 0 bridgehead atoms. The first-order chi connectivity index (χ1) is 14.5. The number of methoxy groups -OCH3 is 1. The maximum Gasteiger partial charge on any atom is 0.251 e. The van der Waals surface area contributed by atoms with Gasteiger partial charge in [0, 0.05) is 31.5 Å². The third-order valence-electron chi connectivity index (χ3n) is 4.27. The Bertz CT molecular complexity index is 651. The second-order valence-corrected chi connectivity index (χ2v) is 6.82. The van der Waals surface area contributed by atoms with Crippen LogP contribution < -0.4 is 21.7 Å². The van der Waals surface area contributed by atoms with Crippen LogP contribution in [0.25, 0.3) is 0 Å². The number of benzene rings is 1. The van der Waals surface area contributed by atoms with Crippen LogP contribution in [0, 0.1) is 0 Å². The highest BCUT2D eigenvalue weighted by molar-refractivity contribution is 5.94.